The van der Waals surface area contributed by atoms with Gasteiger partial charge in [0.1, 0.15) is 0 Å². The molecule has 2 N–H and O–H groups in total. The van der Waals surface area contributed by atoms with Crippen LogP contribution in [0, 0.1) is 0 Å². The summed E-state index contributed by atoms with van der Waals surface area (Å²) in [4.78, 5) is 29.5. The summed E-state index contributed by atoms with van der Waals surface area (Å²) in [6.45, 7) is 1.29. The number of aliphatic hydroxyl groups excluding tert-OH is 1. The van der Waals surface area contributed by atoms with Gasteiger partial charge < -0.3 is 19.7 Å². The van der Waals surface area contributed by atoms with E-state index in [1.165, 1.54) is 11.6 Å². The molecule has 0 saturated heterocycles. The standard InChI is InChI=1S/C19H25N5O4/c1-22-16-15(17(26)23(2)19(22)27)24(18(21-16)20-10-7-11-28-3)12-14(25)13-8-5-4-6-9-13/h4-6,8-9,14,25H,7,10-12H2,1-3H3,(H,20,21). The van der Waals surface area contributed by atoms with Crippen molar-refractivity contribution in [2.75, 3.05) is 25.6 Å². The molecule has 3 rings (SSSR count). The summed E-state index contributed by atoms with van der Waals surface area (Å²) < 4.78 is 9.08. The van der Waals surface area contributed by atoms with Crippen molar-refractivity contribution < 1.29 is 9.84 Å². The van der Waals surface area contributed by atoms with Crippen LogP contribution < -0.4 is 16.6 Å². The lowest BCUT2D eigenvalue weighted by atomic mass is 10.1. The van der Waals surface area contributed by atoms with Crippen LogP contribution in [0.5, 0.6) is 0 Å². The molecule has 0 radical (unpaired) electrons. The molecule has 0 spiro atoms. The lowest BCUT2D eigenvalue weighted by Gasteiger charge is -2.15. The molecule has 150 valence electrons. The largest absolute Gasteiger partial charge is 0.387 e. The molecule has 1 atom stereocenters. The van der Waals surface area contributed by atoms with Crippen molar-refractivity contribution in [3.05, 3.63) is 56.7 Å². The van der Waals surface area contributed by atoms with E-state index in [4.69, 9.17) is 4.74 Å². The fourth-order valence-corrected chi connectivity index (χ4v) is 3.13. The smallest absolute Gasteiger partial charge is 0.332 e. The van der Waals surface area contributed by atoms with E-state index in [1.807, 2.05) is 30.3 Å². The normalized spacial score (nSPS) is 12.4. The van der Waals surface area contributed by atoms with Gasteiger partial charge in [-0.15, -0.1) is 0 Å². The molecule has 0 aliphatic heterocycles. The summed E-state index contributed by atoms with van der Waals surface area (Å²) in [7, 11) is 4.63. The maximum absolute atomic E-state index is 12.8. The van der Waals surface area contributed by atoms with E-state index < -0.39 is 17.4 Å². The van der Waals surface area contributed by atoms with Gasteiger partial charge in [0, 0.05) is 34.4 Å². The number of fused-ring (bicyclic) bond motifs is 1. The number of nitrogens with zero attached hydrogens (tertiary/aromatic N) is 4. The Hall–Kier alpha value is -2.91. The van der Waals surface area contributed by atoms with Gasteiger partial charge in [0.25, 0.3) is 5.56 Å². The Morgan fingerprint density at radius 3 is 2.57 bits per heavy atom. The van der Waals surface area contributed by atoms with E-state index in [0.29, 0.717) is 19.1 Å². The molecule has 2 aromatic heterocycles. The van der Waals surface area contributed by atoms with Crippen LogP contribution in [-0.2, 0) is 25.4 Å². The number of aryl methyl sites for hydroxylation is 1. The number of benzene rings is 1. The van der Waals surface area contributed by atoms with Crippen molar-refractivity contribution >= 4 is 17.1 Å². The van der Waals surface area contributed by atoms with Gasteiger partial charge in [0.15, 0.2) is 11.2 Å². The number of aliphatic hydroxyl groups is 1. The van der Waals surface area contributed by atoms with Gasteiger partial charge >= 0.3 is 5.69 Å². The molecule has 2 heterocycles. The van der Waals surface area contributed by atoms with Crippen molar-refractivity contribution in [3.63, 3.8) is 0 Å². The minimum atomic E-state index is -0.833. The second-order valence-electron chi connectivity index (χ2n) is 6.62. The van der Waals surface area contributed by atoms with Gasteiger partial charge in [-0.25, -0.2) is 4.79 Å². The third-order valence-electron chi connectivity index (χ3n) is 4.70. The van der Waals surface area contributed by atoms with Gasteiger partial charge in [-0.1, -0.05) is 30.3 Å². The van der Waals surface area contributed by atoms with E-state index in [0.717, 1.165) is 16.6 Å². The Morgan fingerprint density at radius 2 is 1.89 bits per heavy atom. The fourth-order valence-electron chi connectivity index (χ4n) is 3.13. The SMILES string of the molecule is COCCCNc1nc2c(c(=O)n(C)c(=O)n2C)n1CC(O)c1ccccc1. The van der Waals surface area contributed by atoms with Crippen LogP contribution in [0.15, 0.2) is 39.9 Å². The van der Waals surface area contributed by atoms with E-state index in [2.05, 4.69) is 10.3 Å². The third kappa shape index (κ3) is 3.71. The molecule has 0 fully saturated rings. The van der Waals surface area contributed by atoms with E-state index in [1.54, 1.807) is 18.7 Å². The number of rotatable bonds is 8. The summed E-state index contributed by atoms with van der Waals surface area (Å²) in [5, 5.41) is 13.9. The first-order chi connectivity index (χ1) is 13.5. The number of aromatic nitrogens is 4. The summed E-state index contributed by atoms with van der Waals surface area (Å²) in [5.41, 5.74) is 0.389. The molecule has 28 heavy (non-hydrogen) atoms. The van der Waals surface area contributed by atoms with Gasteiger partial charge in [-0.2, -0.15) is 4.98 Å². The predicted molar refractivity (Wildman–Crippen MR) is 107 cm³/mol. The van der Waals surface area contributed by atoms with Crippen LogP contribution in [0.25, 0.3) is 11.2 Å². The number of hydrogen-bond donors (Lipinski definition) is 2. The van der Waals surface area contributed by atoms with E-state index in [9.17, 15) is 14.7 Å². The molecule has 0 amide bonds. The zero-order valence-electron chi connectivity index (χ0n) is 16.3. The van der Waals surface area contributed by atoms with Crippen LogP contribution in [-0.4, -0.2) is 44.1 Å². The number of hydrogen-bond acceptors (Lipinski definition) is 6. The highest BCUT2D eigenvalue weighted by Gasteiger charge is 2.21. The lowest BCUT2D eigenvalue weighted by molar-refractivity contribution is 0.158. The fraction of sp³-hybridized carbons (Fsp3) is 0.421. The molecular formula is C19H25N5O4. The van der Waals surface area contributed by atoms with Crippen molar-refractivity contribution in [3.8, 4) is 0 Å². The average molecular weight is 387 g/mol. The minimum absolute atomic E-state index is 0.126. The Morgan fingerprint density at radius 1 is 1.18 bits per heavy atom. The molecule has 1 unspecified atom stereocenters. The van der Waals surface area contributed by atoms with Crippen molar-refractivity contribution in [2.24, 2.45) is 14.1 Å². The van der Waals surface area contributed by atoms with Crippen molar-refractivity contribution in [1.82, 2.24) is 18.7 Å². The first-order valence-electron chi connectivity index (χ1n) is 9.07. The molecule has 0 aliphatic carbocycles. The Kier molecular flexibility index (Phi) is 5.96. The van der Waals surface area contributed by atoms with Gasteiger partial charge in [-0.05, 0) is 12.0 Å². The molecular weight excluding hydrogens is 362 g/mol. The van der Waals surface area contributed by atoms with Gasteiger partial charge in [0.2, 0.25) is 5.95 Å². The Bertz CT molecular complexity index is 1070. The summed E-state index contributed by atoms with van der Waals surface area (Å²) in [5.74, 6) is 0.430. The lowest BCUT2D eigenvalue weighted by Crippen LogP contribution is -2.37. The highest BCUT2D eigenvalue weighted by atomic mass is 16.5. The summed E-state index contributed by atoms with van der Waals surface area (Å²) in [6, 6.07) is 9.21. The third-order valence-corrected chi connectivity index (χ3v) is 4.70. The van der Waals surface area contributed by atoms with Crippen LogP contribution in [0.2, 0.25) is 0 Å². The van der Waals surface area contributed by atoms with Gasteiger partial charge in [0.05, 0.1) is 12.6 Å². The molecule has 1 aromatic carbocycles. The minimum Gasteiger partial charge on any atom is -0.387 e. The average Bonchev–Trinajstić information content (AvgIpc) is 3.07. The van der Waals surface area contributed by atoms with Crippen LogP contribution >= 0.6 is 0 Å². The second kappa shape index (κ2) is 8.41. The number of ether oxygens (including phenoxy) is 1. The number of nitrogens with one attached hydrogen (secondary N) is 1. The zero-order chi connectivity index (χ0) is 20.3. The quantitative estimate of drug-likeness (QED) is 0.549. The maximum atomic E-state index is 12.8. The molecule has 0 bridgehead atoms. The predicted octanol–water partition coefficient (Wildman–Crippen LogP) is 0.616. The topological polar surface area (TPSA) is 103 Å². The zero-order valence-corrected chi connectivity index (χ0v) is 16.3. The maximum Gasteiger partial charge on any atom is 0.332 e. The number of imidazole rings is 1. The Balaban J connectivity index is 2.08. The van der Waals surface area contributed by atoms with Crippen molar-refractivity contribution in [2.45, 2.75) is 19.1 Å². The van der Waals surface area contributed by atoms with Crippen LogP contribution in [0.4, 0.5) is 5.95 Å². The molecule has 9 nitrogen and oxygen atoms in total. The number of anilines is 1. The van der Waals surface area contributed by atoms with Gasteiger partial charge in [-0.3, -0.25) is 13.9 Å². The molecule has 0 saturated carbocycles. The monoisotopic (exact) mass is 387 g/mol. The van der Waals surface area contributed by atoms with Crippen LogP contribution in [0.3, 0.4) is 0 Å². The van der Waals surface area contributed by atoms with Crippen LogP contribution in [0.1, 0.15) is 18.1 Å². The highest BCUT2D eigenvalue weighted by Crippen LogP contribution is 2.21. The highest BCUT2D eigenvalue weighted by molar-refractivity contribution is 5.74. The summed E-state index contributed by atoms with van der Waals surface area (Å²) in [6.07, 6.45) is -0.0854. The molecule has 9 heteroatoms. The molecule has 3 aromatic rings. The first-order valence-corrected chi connectivity index (χ1v) is 9.07. The van der Waals surface area contributed by atoms with Crippen molar-refractivity contribution in [1.29, 1.82) is 0 Å². The summed E-state index contributed by atoms with van der Waals surface area (Å²) >= 11 is 0. The molecule has 0 aliphatic rings. The van der Waals surface area contributed by atoms with E-state index >= 15 is 0 Å². The van der Waals surface area contributed by atoms with E-state index in [-0.39, 0.29) is 17.7 Å². The Labute approximate surface area is 161 Å². The first kappa shape index (κ1) is 19.8. The second-order valence-corrected chi connectivity index (χ2v) is 6.62. The number of methoxy groups -OCH3 is 1.